The quantitative estimate of drug-likeness (QED) is 0.815. The average molecular weight is 277 g/mol. The van der Waals surface area contributed by atoms with Crippen molar-refractivity contribution < 1.29 is 9.53 Å². The minimum atomic E-state index is -0.442. The number of hydrogen-bond donors (Lipinski definition) is 2. The molecule has 0 atom stereocenters. The maximum Gasteiger partial charge on any atom is 0.410 e. The molecule has 1 aromatic carbocycles. The summed E-state index contributed by atoms with van der Waals surface area (Å²) in [5.41, 5.74) is 8.28. The number of anilines is 2. The van der Waals surface area contributed by atoms with Gasteiger partial charge in [-0.15, -0.1) is 0 Å². The summed E-state index contributed by atoms with van der Waals surface area (Å²) >= 11 is 0. The van der Waals surface area contributed by atoms with E-state index in [0.29, 0.717) is 19.0 Å². The number of nitrogens with zero attached hydrogens (tertiary/aromatic N) is 1. The zero-order chi connectivity index (χ0) is 14.9. The van der Waals surface area contributed by atoms with Gasteiger partial charge in [-0.2, -0.15) is 0 Å². The van der Waals surface area contributed by atoms with Gasteiger partial charge in [0.05, 0.1) is 11.4 Å². The summed E-state index contributed by atoms with van der Waals surface area (Å²) in [7, 11) is 1.85. The summed E-state index contributed by atoms with van der Waals surface area (Å²) in [6.45, 7) is 7.02. The molecule has 1 heterocycles. The predicted molar refractivity (Wildman–Crippen MR) is 80.9 cm³/mol. The van der Waals surface area contributed by atoms with Gasteiger partial charge in [-0.3, -0.25) is 0 Å². The summed E-state index contributed by atoms with van der Waals surface area (Å²) < 4.78 is 5.34. The van der Waals surface area contributed by atoms with E-state index < -0.39 is 5.60 Å². The van der Waals surface area contributed by atoms with E-state index in [1.54, 1.807) is 4.90 Å². The zero-order valence-corrected chi connectivity index (χ0v) is 12.6. The van der Waals surface area contributed by atoms with E-state index in [2.05, 4.69) is 5.32 Å². The van der Waals surface area contributed by atoms with Gasteiger partial charge in [0.1, 0.15) is 5.60 Å². The van der Waals surface area contributed by atoms with Gasteiger partial charge < -0.3 is 20.7 Å². The lowest BCUT2D eigenvalue weighted by Gasteiger charge is -2.40. The summed E-state index contributed by atoms with van der Waals surface area (Å²) in [5.74, 6) is 0.357. The molecular weight excluding hydrogens is 254 g/mol. The number of hydrogen-bond acceptors (Lipinski definition) is 4. The fraction of sp³-hybridized carbons (Fsp3) is 0.533. The van der Waals surface area contributed by atoms with E-state index >= 15 is 0 Å². The Bertz CT molecular complexity index is 502. The van der Waals surface area contributed by atoms with Crippen LogP contribution in [0.4, 0.5) is 16.2 Å². The first-order chi connectivity index (χ1) is 9.30. The lowest BCUT2D eigenvalue weighted by Crippen LogP contribution is -2.50. The van der Waals surface area contributed by atoms with E-state index in [0.717, 1.165) is 11.4 Å². The topological polar surface area (TPSA) is 67.6 Å². The van der Waals surface area contributed by atoms with Crippen LogP contribution in [-0.2, 0) is 4.74 Å². The number of nitrogens with one attached hydrogen (secondary N) is 1. The molecule has 0 radical (unpaired) electrons. The number of nitrogen functional groups attached to an aromatic ring is 1. The first-order valence-corrected chi connectivity index (χ1v) is 6.85. The van der Waals surface area contributed by atoms with Crippen molar-refractivity contribution in [3.8, 4) is 0 Å². The molecule has 0 spiro atoms. The van der Waals surface area contributed by atoms with Gasteiger partial charge in [0, 0.05) is 26.1 Å². The molecule has 1 aliphatic rings. The van der Waals surface area contributed by atoms with Crippen molar-refractivity contribution in [3.63, 3.8) is 0 Å². The molecule has 1 fully saturated rings. The highest BCUT2D eigenvalue weighted by atomic mass is 16.6. The van der Waals surface area contributed by atoms with Crippen LogP contribution in [0.15, 0.2) is 18.2 Å². The van der Waals surface area contributed by atoms with Crippen LogP contribution in [0.5, 0.6) is 0 Å². The van der Waals surface area contributed by atoms with Crippen LogP contribution in [0.2, 0.25) is 0 Å². The van der Waals surface area contributed by atoms with Crippen molar-refractivity contribution in [2.45, 2.75) is 32.3 Å². The molecule has 0 aromatic heterocycles. The summed E-state index contributed by atoms with van der Waals surface area (Å²) in [6, 6.07) is 5.97. The van der Waals surface area contributed by atoms with Crippen molar-refractivity contribution in [3.05, 3.63) is 23.8 Å². The number of benzene rings is 1. The Kier molecular flexibility index (Phi) is 3.79. The second-order valence-corrected chi connectivity index (χ2v) is 6.18. The van der Waals surface area contributed by atoms with Gasteiger partial charge in [-0.1, -0.05) is 6.07 Å². The van der Waals surface area contributed by atoms with Gasteiger partial charge >= 0.3 is 6.09 Å². The van der Waals surface area contributed by atoms with Gasteiger partial charge in [0.15, 0.2) is 0 Å². The number of carbonyl (C=O) groups excluding carboxylic acids is 1. The Hall–Kier alpha value is -1.91. The fourth-order valence-electron chi connectivity index (χ4n) is 2.21. The standard InChI is InChI=1S/C15H23N3O2/c1-15(2,3)20-14(19)18-8-11(9-18)10-5-6-12(16)13(7-10)17-4/h5-7,11,17H,8-9,16H2,1-4H3. The normalized spacial score (nSPS) is 15.7. The maximum absolute atomic E-state index is 11.9. The molecule has 20 heavy (non-hydrogen) atoms. The highest BCUT2D eigenvalue weighted by molar-refractivity contribution is 5.70. The molecule has 1 amide bonds. The highest BCUT2D eigenvalue weighted by Crippen LogP contribution is 2.31. The molecule has 1 aromatic rings. The number of rotatable bonds is 2. The van der Waals surface area contributed by atoms with Crippen LogP contribution >= 0.6 is 0 Å². The van der Waals surface area contributed by atoms with E-state index in [1.165, 1.54) is 5.56 Å². The number of carbonyl (C=O) groups is 1. The van der Waals surface area contributed by atoms with Crippen LogP contribution in [-0.4, -0.2) is 36.7 Å². The van der Waals surface area contributed by atoms with Gasteiger partial charge in [0.25, 0.3) is 0 Å². The molecule has 0 saturated carbocycles. The van der Waals surface area contributed by atoms with Crippen molar-refractivity contribution in [1.29, 1.82) is 0 Å². The Balaban J connectivity index is 1.95. The Labute approximate surface area is 120 Å². The van der Waals surface area contributed by atoms with Crippen LogP contribution in [0, 0.1) is 0 Å². The average Bonchev–Trinajstić information content (AvgIpc) is 2.26. The molecule has 0 aliphatic carbocycles. The molecule has 3 N–H and O–H groups in total. The minimum Gasteiger partial charge on any atom is -0.444 e. The molecule has 0 bridgehead atoms. The third kappa shape index (κ3) is 3.15. The first kappa shape index (κ1) is 14.5. The predicted octanol–water partition coefficient (Wildman–Crippen LogP) is 2.64. The third-order valence-electron chi connectivity index (χ3n) is 3.35. The highest BCUT2D eigenvalue weighted by Gasteiger charge is 2.34. The summed E-state index contributed by atoms with van der Waals surface area (Å²) in [6.07, 6.45) is -0.238. The van der Waals surface area contributed by atoms with Crippen molar-refractivity contribution >= 4 is 17.5 Å². The molecule has 1 saturated heterocycles. The molecule has 5 nitrogen and oxygen atoms in total. The largest absolute Gasteiger partial charge is 0.444 e. The smallest absolute Gasteiger partial charge is 0.410 e. The second kappa shape index (κ2) is 5.23. The van der Waals surface area contributed by atoms with Crippen LogP contribution in [0.25, 0.3) is 0 Å². The molecule has 5 heteroatoms. The fourth-order valence-corrected chi connectivity index (χ4v) is 2.21. The second-order valence-electron chi connectivity index (χ2n) is 6.18. The van der Waals surface area contributed by atoms with Crippen molar-refractivity contribution in [2.75, 3.05) is 31.2 Å². The van der Waals surface area contributed by atoms with Gasteiger partial charge in [-0.25, -0.2) is 4.79 Å². The van der Waals surface area contributed by atoms with E-state index in [1.807, 2.05) is 46.0 Å². The zero-order valence-electron chi connectivity index (χ0n) is 12.6. The van der Waals surface area contributed by atoms with Crippen molar-refractivity contribution in [2.24, 2.45) is 0 Å². The number of ether oxygens (including phenoxy) is 1. The van der Waals surface area contributed by atoms with Gasteiger partial charge in [0.2, 0.25) is 0 Å². The third-order valence-corrected chi connectivity index (χ3v) is 3.35. The first-order valence-electron chi connectivity index (χ1n) is 6.85. The lowest BCUT2D eigenvalue weighted by molar-refractivity contribution is 0.00820. The number of nitrogens with two attached hydrogens (primary N) is 1. The summed E-state index contributed by atoms with van der Waals surface area (Å²) in [5, 5.41) is 3.07. The number of likely N-dealkylation sites (tertiary alicyclic amines) is 1. The SMILES string of the molecule is CNc1cc(C2CN(C(=O)OC(C)(C)C)C2)ccc1N. The van der Waals surface area contributed by atoms with E-state index in [9.17, 15) is 4.79 Å². The number of amides is 1. The molecule has 0 unspecified atom stereocenters. The van der Waals surface area contributed by atoms with E-state index in [-0.39, 0.29) is 6.09 Å². The Morgan fingerprint density at radius 3 is 2.60 bits per heavy atom. The monoisotopic (exact) mass is 277 g/mol. The van der Waals surface area contributed by atoms with E-state index in [4.69, 9.17) is 10.5 Å². The van der Waals surface area contributed by atoms with Crippen LogP contribution in [0.1, 0.15) is 32.3 Å². The molecule has 110 valence electrons. The molecule has 2 rings (SSSR count). The lowest BCUT2D eigenvalue weighted by atomic mass is 9.91. The van der Waals surface area contributed by atoms with Gasteiger partial charge in [-0.05, 0) is 38.5 Å². The molecular formula is C15H23N3O2. The Morgan fingerprint density at radius 1 is 1.40 bits per heavy atom. The van der Waals surface area contributed by atoms with Crippen LogP contribution in [0.3, 0.4) is 0 Å². The van der Waals surface area contributed by atoms with Crippen LogP contribution < -0.4 is 11.1 Å². The van der Waals surface area contributed by atoms with Crippen molar-refractivity contribution in [1.82, 2.24) is 4.90 Å². The maximum atomic E-state index is 11.9. The Morgan fingerprint density at radius 2 is 2.05 bits per heavy atom. The minimum absolute atomic E-state index is 0.238. The molecule has 1 aliphatic heterocycles. The summed E-state index contributed by atoms with van der Waals surface area (Å²) in [4.78, 5) is 13.6.